The molecule has 10 heteroatoms. The summed E-state index contributed by atoms with van der Waals surface area (Å²) in [6.45, 7) is 0.753. The van der Waals surface area contributed by atoms with E-state index in [2.05, 4.69) is 21.3 Å². The van der Waals surface area contributed by atoms with Gasteiger partial charge in [0.1, 0.15) is 11.6 Å². The normalized spacial score (nSPS) is 15.2. The molecule has 0 spiro atoms. The zero-order valence-electron chi connectivity index (χ0n) is 16.5. The van der Waals surface area contributed by atoms with E-state index in [1.165, 1.54) is 0 Å². The SMILES string of the molecule is O=C(CNC(=O)c1ccc(F)cc1F)Nc1ccc(NC(=O)NCC2CCCO2)cc1. The Morgan fingerprint density at radius 3 is 2.32 bits per heavy atom. The van der Waals surface area contributed by atoms with Crippen LogP contribution in [0.1, 0.15) is 23.2 Å². The first-order valence-corrected chi connectivity index (χ1v) is 9.70. The fourth-order valence-corrected chi connectivity index (χ4v) is 2.96. The van der Waals surface area contributed by atoms with Crippen LogP contribution in [0, 0.1) is 11.6 Å². The second-order valence-corrected chi connectivity index (χ2v) is 6.90. The molecule has 0 aromatic heterocycles. The Hall–Kier alpha value is -3.53. The van der Waals surface area contributed by atoms with Crippen molar-refractivity contribution in [1.29, 1.82) is 0 Å². The minimum Gasteiger partial charge on any atom is -0.376 e. The Kier molecular flexibility index (Phi) is 7.50. The number of carbonyl (C=O) groups is 3. The highest BCUT2D eigenvalue weighted by atomic mass is 19.1. The highest BCUT2D eigenvalue weighted by Gasteiger charge is 2.16. The maximum Gasteiger partial charge on any atom is 0.319 e. The number of anilines is 2. The molecular formula is C21H22F2N4O4. The van der Waals surface area contributed by atoms with Crippen molar-refractivity contribution in [3.8, 4) is 0 Å². The molecule has 4 amide bonds. The first-order chi connectivity index (χ1) is 14.9. The molecule has 4 N–H and O–H groups in total. The van der Waals surface area contributed by atoms with Crippen LogP contribution in [0.25, 0.3) is 0 Å². The molecule has 2 aromatic carbocycles. The van der Waals surface area contributed by atoms with Crippen LogP contribution in [-0.2, 0) is 9.53 Å². The molecule has 164 valence electrons. The lowest BCUT2D eigenvalue weighted by atomic mass is 10.2. The molecule has 1 fully saturated rings. The van der Waals surface area contributed by atoms with Crippen molar-refractivity contribution in [2.24, 2.45) is 0 Å². The number of hydrogen-bond acceptors (Lipinski definition) is 4. The van der Waals surface area contributed by atoms with Gasteiger partial charge in [0.2, 0.25) is 5.91 Å². The summed E-state index contributed by atoms with van der Waals surface area (Å²) in [4.78, 5) is 35.8. The van der Waals surface area contributed by atoms with Crippen LogP contribution in [0.5, 0.6) is 0 Å². The molecule has 0 saturated carbocycles. The lowest BCUT2D eigenvalue weighted by Crippen LogP contribution is -2.35. The van der Waals surface area contributed by atoms with Crippen molar-refractivity contribution < 1.29 is 27.9 Å². The molecule has 2 aromatic rings. The summed E-state index contributed by atoms with van der Waals surface area (Å²) in [5.41, 5.74) is 0.614. The maximum atomic E-state index is 13.6. The summed E-state index contributed by atoms with van der Waals surface area (Å²) in [6.07, 6.45) is 1.96. The molecule has 1 unspecified atom stereocenters. The number of halogens is 2. The topological polar surface area (TPSA) is 109 Å². The van der Waals surface area contributed by atoms with Gasteiger partial charge >= 0.3 is 6.03 Å². The van der Waals surface area contributed by atoms with Crippen LogP contribution >= 0.6 is 0 Å². The van der Waals surface area contributed by atoms with Crippen LogP contribution in [0.3, 0.4) is 0 Å². The predicted octanol–water partition coefficient (Wildman–Crippen LogP) is 2.63. The van der Waals surface area contributed by atoms with Crippen LogP contribution < -0.4 is 21.3 Å². The van der Waals surface area contributed by atoms with Gasteiger partial charge in [-0.05, 0) is 49.2 Å². The van der Waals surface area contributed by atoms with Crippen molar-refractivity contribution in [2.75, 3.05) is 30.3 Å². The van der Waals surface area contributed by atoms with E-state index >= 15 is 0 Å². The largest absolute Gasteiger partial charge is 0.376 e. The first kappa shape index (κ1) is 22.2. The van der Waals surface area contributed by atoms with E-state index < -0.39 is 30.0 Å². The van der Waals surface area contributed by atoms with E-state index in [-0.39, 0.29) is 17.7 Å². The second-order valence-electron chi connectivity index (χ2n) is 6.90. The average molecular weight is 432 g/mol. The molecular weight excluding hydrogens is 410 g/mol. The summed E-state index contributed by atoms with van der Waals surface area (Å²) in [7, 11) is 0. The molecule has 1 aliphatic heterocycles. The second kappa shape index (κ2) is 10.5. The summed E-state index contributed by atoms with van der Waals surface area (Å²) in [5, 5.41) is 10.2. The highest BCUT2D eigenvalue weighted by Crippen LogP contribution is 2.14. The summed E-state index contributed by atoms with van der Waals surface area (Å²) < 4.78 is 31.9. The van der Waals surface area contributed by atoms with Gasteiger partial charge in [-0.1, -0.05) is 0 Å². The summed E-state index contributed by atoms with van der Waals surface area (Å²) >= 11 is 0. The van der Waals surface area contributed by atoms with Gasteiger partial charge in [-0.15, -0.1) is 0 Å². The molecule has 1 saturated heterocycles. The molecule has 0 aliphatic carbocycles. The van der Waals surface area contributed by atoms with Crippen LogP contribution in [-0.4, -0.2) is 43.6 Å². The zero-order valence-corrected chi connectivity index (χ0v) is 16.5. The molecule has 0 radical (unpaired) electrons. The molecule has 31 heavy (non-hydrogen) atoms. The Bertz CT molecular complexity index is 947. The first-order valence-electron chi connectivity index (χ1n) is 9.70. The monoisotopic (exact) mass is 432 g/mol. The van der Waals surface area contributed by atoms with Gasteiger partial charge in [0, 0.05) is 30.6 Å². The average Bonchev–Trinajstić information content (AvgIpc) is 3.26. The number of benzene rings is 2. The number of carbonyl (C=O) groups excluding carboxylic acids is 3. The number of ether oxygens (including phenoxy) is 1. The number of urea groups is 1. The molecule has 1 heterocycles. The third-order valence-electron chi connectivity index (χ3n) is 4.53. The maximum absolute atomic E-state index is 13.6. The van der Waals surface area contributed by atoms with E-state index in [9.17, 15) is 23.2 Å². The quantitative estimate of drug-likeness (QED) is 0.539. The predicted molar refractivity (Wildman–Crippen MR) is 110 cm³/mol. The Balaban J connectivity index is 1.41. The molecule has 3 rings (SSSR count). The third-order valence-corrected chi connectivity index (χ3v) is 4.53. The van der Waals surface area contributed by atoms with Gasteiger partial charge in [0.25, 0.3) is 5.91 Å². The van der Waals surface area contributed by atoms with E-state index in [0.717, 1.165) is 25.0 Å². The van der Waals surface area contributed by atoms with Gasteiger partial charge in [0.05, 0.1) is 18.2 Å². The zero-order chi connectivity index (χ0) is 22.2. The van der Waals surface area contributed by atoms with Gasteiger partial charge in [-0.25, -0.2) is 13.6 Å². The van der Waals surface area contributed by atoms with E-state index in [1.54, 1.807) is 24.3 Å². The lowest BCUT2D eigenvalue weighted by molar-refractivity contribution is -0.115. The fraction of sp³-hybridized carbons (Fsp3) is 0.286. The Morgan fingerprint density at radius 2 is 1.68 bits per heavy atom. The Morgan fingerprint density at radius 1 is 0.968 bits per heavy atom. The third kappa shape index (κ3) is 6.75. The van der Waals surface area contributed by atoms with Crippen LogP contribution in [0.2, 0.25) is 0 Å². The lowest BCUT2D eigenvalue weighted by Gasteiger charge is -2.12. The van der Waals surface area contributed by atoms with E-state index in [1.807, 2.05) is 0 Å². The van der Waals surface area contributed by atoms with Gasteiger partial charge in [-0.2, -0.15) is 0 Å². The standard InChI is InChI=1S/C21H22F2N4O4/c22-13-3-8-17(18(23)10-13)20(29)24-12-19(28)26-14-4-6-15(7-5-14)27-21(30)25-11-16-2-1-9-31-16/h3-8,10,16H,1-2,9,11-12H2,(H,24,29)(H,26,28)(H2,25,27,30). The summed E-state index contributed by atoms with van der Waals surface area (Å²) in [5.74, 6) is -3.18. The van der Waals surface area contributed by atoms with Gasteiger partial charge in [-0.3, -0.25) is 9.59 Å². The number of rotatable bonds is 7. The van der Waals surface area contributed by atoms with Crippen LogP contribution in [0.4, 0.5) is 25.0 Å². The van der Waals surface area contributed by atoms with Crippen molar-refractivity contribution in [3.05, 3.63) is 59.7 Å². The van der Waals surface area contributed by atoms with Gasteiger partial charge < -0.3 is 26.0 Å². The minimum atomic E-state index is -1.01. The number of nitrogens with one attached hydrogen (secondary N) is 4. The number of hydrogen-bond donors (Lipinski definition) is 4. The van der Waals surface area contributed by atoms with E-state index in [0.29, 0.717) is 30.6 Å². The smallest absolute Gasteiger partial charge is 0.319 e. The van der Waals surface area contributed by atoms with Gasteiger partial charge in [0.15, 0.2) is 0 Å². The van der Waals surface area contributed by atoms with Crippen molar-refractivity contribution in [3.63, 3.8) is 0 Å². The Labute approximate surface area is 177 Å². The molecule has 1 aliphatic rings. The number of amides is 4. The van der Waals surface area contributed by atoms with E-state index in [4.69, 9.17) is 4.74 Å². The van der Waals surface area contributed by atoms with Crippen molar-refractivity contribution >= 4 is 29.2 Å². The summed E-state index contributed by atoms with van der Waals surface area (Å²) in [6, 6.07) is 8.55. The molecule has 1 atom stereocenters. The minimum absolute atomic E-state index is 0.0448. The molecule has 8 nitrogen and oxygen atoms in total. The van der Waals surface area contributed by atoms with Crippen molar-refractivity contribution in [2.45, 2.75) is 18.9 Å². The fourth-order valence-electron chi connectivity index (χ4n) is 2.96. The highest BCUT2D eigenvalue weighted by molar-refractivity contribution is 5.99. The molecule has 0 bridgehead atoms. The van der Waals surface area contributed by atoms with Crippen molar-refractivity contribution in [1.82, 2.24) is 10.6 Å². The van der Waals surface area contributed by atoms with Crippen LogP contribution in [0.15, 0.2) is 42.5 Å².